The van der Waals surface area contributed by atoms with Crippen LogP contribution in [0.4, 0.5) is 20.2 Å². The van der Waals surface area contributed by atoms with E-state index < -0.39 is 31.6 Å². The summed E-state index contributed by atoms with van der Waals surface area (Å²) in [7, 11) is -4.17. The zero-order valence-corrected chi connectivity index (χ0v) is 12.5. The van der Waals surface area contributed by atoms with E-state index in [0.717, 1.165) is 24.3 Å². The number of rotatable bonds is 3. The number of halogens is 4. The minimum Gasteiger partial charge on any atom is -0.396 e. The van der Waals surface area contributed by atoms with Gasteiger partial charge in [0.25, 0.3) is 10.0 Å². The van der Waals surface area contributed by atoms with Crippen LogP contribution >= 0.6 is 23.2 Å². The van der Waals surface area contributed by atoms with Gasteiger partial charge in [-0.15, -0.1) is 0 Å². The summed E-state index contributed by atoms with van der Waals surface area (Å²) in [5.41, 5.74) is 5.12. The first-order chi connectivity index (χ1) is 9.72. The second kappa shape index (κ2) is 5.67. The number of sulfonamides is 1. The molecule has 112 valence electrons. The largest absolute Gasteiger partial charge is 0.396 e. The molecule has 0 saturated carbocycles. The van der Waals surface area contributed by atoms with E-state index in [9.17, 15) is 17.2 Å². The molecule has 0 atom stereocenters. The Balaban J connectivity index is 2.43. The Bertz CT molecular complexity index is 813. The molecule has 0 aromatic heterocycles. The lowest BCUT2D eigenvalue weighted by molar-refractivity contribution is 0.595. The zero-order chi connectivity index (χ0) is 15.8. The third-order valence-electron chi connectivity index (χ3n) is 2.54. The van der Waals surface area contributed by atoms with Gasteiger partial charge in [0.05, 0.1) is 21.4 Å². The summed E-state index contributed by atoms with van der Waals surface area (Å²) < 4.78 is 53.0. The lowest BCUT2D eigenvalue weighted by Crippen LogP contribution is -2.14. The van der Waals surface area contributed by atoms with E-state index in [1.54, 1.807) is 0 Å². The van der Waals surface area contributed by atoms with Gasteiger partial charge in [-0.05, 0) is 30.3 Å². The zero-order valence-electron chi connectivity index (χ0n) is 10.2. The number of anilines is 2. The molecule has 0 aliphatic rings. The summed E-state index contributed by atoms with van der Waals surface area (Å²) in [6.45, 7) is 0. The Kier molecular flexibility index (Phi) is 4.27. The van der Waals surface area contributed by atoms with Crippen molar-refractivity contribution < 1.29 is 17.2 Å². The van der Waals surface area contributed by atoms with E-state index in [2.05, 4.69) is 4.72 Å². The minimum absolute atomic E-state index is 0.0142. The Labute approximate surface area is 129 Å². The molecule has 2 aromatic rings. The lowest BCUT2D eigenvalue weighted by Gasteiger charge is -2.11. The van der Waals surface area contributed by atoms with E-state index in [1.165, 1.54) is 6.07 Å². The standard InChI is InChI=1S/C12H8Cl2F2N2O2S/c13-7-2-4-10(11(14)12(7)16)21(19,20)18-6-1-3-8(15)9(17)5-6/h1-5,18H,17H2. The molecule has 9 heteroatoms. The van der Waals surface area contributed by atoms with Crippen LogP contribution in [-0.2, 0) is 10.0 Å². The van der Waals surface area contributed by atoms with Gasteiger partial charge < -0.3 is 5.73 Å². The fourth-order valence-corrected chi connectivity index (χ4v) is 3.33. The third-order valence-corrected chi connectivity index (χ3v) is 4.73. The molecule has 0 fully saturated rings. The van der Waals surface area contributed by atoms with Gasteiger partial charge in [0.15, 0.2) is 5.82 Å². The summed E-state index contributed by atoms with van der Waals surface area (Å²) in [6.07, 6.45) is 0. The van der Waals surface area contributed by atoms with Crippen molar-refractivity contribution in [1.82, 2.24) is 0 Å². The second-order valence-corrected chi connectivity index (χ2v) is 6.45. The molecule has 2 rings (SSSR count). The molecule has 0 bridgehead atoms. The van der Waals surface area contributed by atoms with Crippen LogP contribution in [0.5, 0.6) is 0 Å². The molecular formula is C12H8Cl2F2N2O2S. The molecule has 0 amide bonds. The highest BCUT2D eigenvalue weighted by Gasteiger charge is 2.22. The van der Waals surface area contributed by atoms with Gasteiger partial charge in [-0.3, -0.25) is 4.72 Å². The first kappa shape index (κ1) is 15.8. The van der Waals surface area contributed by atoms with Crippen molar-refractivity contribution in [2.75, 3.05) is 10.5 Å². The Morgan fingerprint density at radius 2 is 1.76 bits per heavy atom. The highest BCUT2D eigenvalue weighted by molar-refractivity contribution is 7.92. The highest BCUT2D eigenvalue weighted by Crippen LogP contribution is 2.30. The van der Waals surface area contributed by atoms with Gasteiger partial charge in [-0.1, -0.05) is 23.2 Å². The summed E-state index contributed by atoms with van der Waals surface area (Å²) >= 11 is 11.1. The third kappa shape index (κ3) is 3.20. The minimum atomic E-state index is -4.17. The van der Waals surface area contributed by atoms with E-state index in [4.69, 9.17) is 28.9 Å². The predicted octanol–water partition coefficient (Wildman–Crippen LogP) is 3.65. The molecule has 4 nitrogen and oxygen atoms in total. The van der Waals surface area contributed by atoms with Gasteiger partial charge >= 0.3 is 0 Å². The van der Waals surface area contributed by atoms with Crippen LogP contribution in [0.1, 0.15) is 0 Å². The molecule has 0 aliphatic carbocycles. The maximum absolute atomic E-state index is 13.6. The van der Waals surface area contributed by atoms with Gasteiger partial charge in [0.1, 0.15) is 10.7 Å². The maximum Gasteiger partial charge on any atom is 0.263 e. The van der Waals surface area contributed by atoms with Crippen LogP contribution in [0.2, 0.25) is 10.0 Å². The summed E-state index contributed by atoms with van der Waals surface area (Å²) in [5.74, 6) is -1.73. The molecule has 2 aromatic carbocycles. The van der Waals surface area contributed by atoms with Crippen LogP contribution in [0, 0.1) is 11.6 Å². The first-order valence-electron chi connectivity index (χ1n) is 5.43. The van der Waals surface area contributed by atoms with Crippen LogP contribution in [0.25, 0.3) is 0 Å². The van der Waals surface area contributed by atoms with Crippen molar-refractivity contribution in [3.63, 3.8) is 0 Å². The average Bonchev–Trinajstić information content (AvgIpc) is 2.39. The number of benzene rings is 2. The van der Waals surface area contributed by atoms with Crippen LogP contribution in [0.3, 0.4) is 0 Å². The maximum atomic E-state index is 13.6. The summed E-state index contributed by atoms with van der Waals surface area (Å²) in [6, 6.07) is 5.38. The average molecular weight is 353 g/mol. The van der Waals surface area contributed by atoms with E-state index in [-0.39, 0.29) is 16.4 Å². The molecule has 3 N–H and O–H groups in total. The molecule has 0 radical (unpaired) electrons. The Morgan fingerprint density at radius 3 is 2.38 bits per heavy atom. The van der Waals surface area contributed by atoms with Crippen LogP contribution in [0.15, 0.2) is 35.2 Å². The van der Waals surface area contributed by atoms with Crippen LogP contribution < -0.4 is 10.5 Å². The molecule has 21 heavy (non-hydrogen) atoms. The molecule has 0 spiro atoms. The SMILES string of the molecule is Nc1cc(NS(=O)(=O)c2ccc(Cl)c(F)c2Cl)ccc1F. The van der Waals surface area contributed by atoms with Gasteiger partial charge in [-0.2, -0.15) is 0 Å². The van der Waals surface area contributed by atoms with Crippen molar-refractivity contribution >= 4 is 44.6 Å². The fraction of sp³-hybridized carbons (Fsp3) is 0. The highest BCUT2D eigenvalue weighted by atomic mass is 35.5. The van der Waals surface area contributed by atoms with E-state index in [0.29, 0.717) is 0 Å². The van der Waals surface area contributed by atoms with Crippen molar-refractivity contribution in [2.24, 2.45) is 0 Å². The normalized spacial score (nSPS) is 11.4. The molecule has 0 saturated heterocycles. The smallest absolute Gasteiger partial charge is 0.263 e. The van der Waals surface area contributed by atoms with Crippen molar-refractivity contribution in [3.8, 4) is 0 Å². The Hall–Kier alpha value is -1.57. The molecule has 0 unspecified atom stereocenters. The summed E-state index contributed by atoms with van der Waals surface area (Å²) in [4.78, 5) is -0.492. The number of nitrogens with one attached hydrogen (secondary N) is 1. The van der Waals surface area contributed by atoms with Gasteiger partial charge in [0, 0.05) is 0 Å². The quantitative estimate of drug-likeness (QED) is 0.654. The molecule has 0 aliphatic heterocycles. The number of hydrogen-bond donors (Lipinski definition) is 2. The second-order valence-electron chi connectivity index (χ2n) is 4.02. The van der Waals surface area contributed by atoms with E-state index >= 15 is 0 Å². The van der Waals surface area contributed by atoms with Gasteiger partial charge in [-0.25, -0.2) is 17.2 Å². The van der Waals surface area contributed by atoms with Crippen molar-refractivity contribution in [2.45, 2.75) is 4.90 Å². The lowest BCUT2D eigenvalue weighted by atomic mass is 10.3. The molecular weight excluding hydrogens is 345 g/mol. The fourth-order valence-electron chi connectivity index (χ4n) is 1.53. The number of nitrogen functional groups attached to an aromatic ring is 1. The predicted molar refractivity (Wildman–Crippen MR) is 78.0 cm³/mol. The topological polar surface area (TPSA) is 72.2 Å². The van der Waals surface area contributed by atoms with Crippen molar-refractivity contribution in [3.05, 3.63) is 52.0 Å². The first-order valence-corrected chi connectivity index (χ1v) is 7.67. The number of hydrogen-bond acceptors (Lipinski definition) is 3. The Morgan fingerprint density at radius 1 is 1.10 bits per heavy atom. The monoisotopic (exact) mass is 352 g/mol. The number of nitrogens with two attached hydrogens (primary N) is 1. The molecule has 0 heterocycles. The van der Waals surface area contributed by atoms with Crippen LogP contribution in [-0.4, -0.2) is 8.42 Å². The van der Waals surface area contributed by atoms with Crippen molar-refractivity contribution in [1.29, 1.82) is 0 Å². The van der Waals surface area contributed by atoms with E-state index in [1.807, 2.05) is 0 Å². The summed E-state index contributed by atoms with van der Waals surface area (Å²) in [5, 5.41) is -0.935. The van der Waals surface area contributed by atoms with Gasteiger partial charge in [0.2, 0.25) is 0 Å².